The first kappa shape index (κ1) is 18.4. The number of hydrogen-bond donors (Lipinski definition) is 2. The largest absolute Gasteiger partial charge is 0.435 e. The van der Waals surface area contributed by atoms with Gasteiger partial charge in [-0.2, -0.15) is 18.3 Å². The number of piperidine rings is 1. The zero-order chi connectivity index (χ0) is 18.6. The number of halogens is 3. The first-order valence-corrected chi connectivity index (χ1v) is 8.66. The molecule has 0 radical (unpaired) electrons. The second kappa shape index (κ2) is 7.90. The number of nitrogens with one attached hydrogen (secondary N) is 2. The van der Waals surface area contributed by atoms with Crippen LogP contribution in [-0.2, 0) is 6.18 Å². The number of carbonyl (C=O) groups is 1. The van der Waals surface area contributed by atoms with Gasteiger partial charge in [0.2, 0.25) is 0 Å². The maximum absolute atomic E-state index is 12.7. The molecular formula is C18H21F3N4O. The molecule has 1 aromatic heterocycles. The fourth-order valence-electron chi connectivity index (χ4n) is 3.07. The van der Waals surface area contributed by atoms with Crippen molar-refractivity contribution in [3.05, 3.63) is 47.8 Å². The minimum absolute atomic E-state index is 0.237. The minimum atomic E-state index is -4.49. The Bertz CT molecular complexity index is 751. The highest BCUT2D eigenvalue weighted by molar-refractivity contribution is 5.94. The Morgan fingerprint density at radius 3 is 2.88 bits per heavy atom. The number of benzene rings is 1. The van der Waals surface area contributed by atoms with E-state index < -0.39 is 11.9 Å². The van der Waals surface area contributed by atoms with Crippen molar-refractivity contribution >= 4 is 5.91 Å². The number of hydrogen-bond acceptors (Lipinski definition) is 3. The van der Waals surface area contributed by atoms with Crippen molar-refractivity contribution < 1.29 is 18.0 Å². The highest BCUT2D eigenvalue weighted by Gasteiger charge is 2.33. The Morgan fingerprint density at radius 2 is 2.19 bits per heavy atom. The molecule has 1 unspecified atom stereocenters. The highest BCUT2D eigenvalue weighted by atomic mass is 19.4. The summed E-state index contributed by atoms with van der Waals surface area (Å²) in [7, 11) is 0. The van der Waals surface area contributed by atoms with Gasteiger partial charge in [-0.05, 0) is 62.5 Å². The van der Waals surface area contributed by atoms with Gasteiger partial charge in [-0.15, -0.1) is 0 Å². The molecule has 2 N–H and O–H groups in total. The third-order valence-corrected chi connectivity index (χ3v) is 4.49. The van der Waals surface area contributed by atoms with Gasteiger partial charge >= 0.3 is 6.18 Å². The molecule has 1 saturated heterocycles. The summed E-state index contributed by atoms with van der Waals surface area (Å²) in [6.07, 6.45) is -0.0275. The molecule has 8 heteroatoms. The summed E-state index contributed by atoms with van der Waals surface area (Å²) in [5.41, 5.74) is -0.161. The average Bonchev–Trinajstić information content (AvgIpc) is 3.13. The van der Waals surface area contributed by atoms with Crippen LogP contribution < -0.4 is 10.6 Å². The summed E-state index contributed by atoms with van der Waals surface area (Å²) >= 11 is 0. The average molecular weight is 366 g/mol. The van der Waals surface area contributed by atoms with Gasteiger partial charge in [0.15, 0.2) is 5.69 Å². The smallest absolute Gasteiger partial charge is 0.352 e. The molecule has 140 valence electrons. The van der Waals surface area contributed by atoms with Gasteiger partial charge in [0.25, 0.3) is 5.91 Å². The Kier molecular flexibility index (Phi) is 5.61. The molecule has 1 amide bonds. The number of nitrogens with zero attached hydrogens (tertiary/aromatic N) is 2. The number of carbonyl (C=O) groups excluding carboxylic acids is 1. The van der Waals surface area contributed by atoms with Crippen LogP contribution in [0, 0.1) is 5.92 Å². The summed E-state index contributed by atoms with van der Waals surface area (Å²) in [6, 6.07) is 7.31. The fraction of sp³-hybridized carbons (Fsp3) is 0.444. The molecule has 1 aliphatic heterocycles. The van der Waals surface area contributed by atoms with Crippen molar-refractivity contribution in [1.29, 1.82) is 0 Å². The van der Waals surface area contributed by atoms with Crippen molar-refractivity contribution in [2.45, 2.75) is 25.4 Å². The summed E-state index contributed by atoms with van der Waals surface area (Å²) in [5.74, 6) is 0.332. The number of alkyl halides is 3. The number of amides is 1. The predicted molar refractivity (Wildman–Crippen MR) is 91.1 cm³/mol. The molecule has 1 atom stereocenters. The first-order chi connectivity index (χ1) is 12.4. The van der Waals surface area contributed by atoms with E-state index >= 15 is 0 Å². The summed E-state index contributed by atoms with van der Waals surface area (Å²) in [4.78, 5) is 12.3. The van der Waals surface area contributed by atoms with Gasteiger partial charge in [0, 0.05) is 18.3 Å². The zero-order valence-corrected chi connectivity index (χ0v) is 14.2. The van der Waals surface area contributed by atoms with E-state index in [4.69, 9.17) is 0 Å². The summed E-state index contributed by atoms with van der Waals surface area (Å²) in [5, 5.41) is 9.75. The predicted octanol–water partition coefficient (Wildman–Crippen LogP) is 3.01. The van der Waals surface area contributed by atoms with E-state index in [1.165, 1.54) is 18.7 Å². The van der Waals surface area contributed by atoms with Crippen LogP contribution in [0.5, 0.6) is 0 Å². The highest BCUT2D eigenvalue weighted by Crippen LogP contribution is 2.27. The molecule has 0 bridgehead atoms. The van der Waals surface area contributed by atoms with E-state index in [0.29, 0.717) is 23.7 Å². The van der Waals surface area contributed by atoms with Crippen molar-refractivity contribution in [3.63, 3.8) is 0 Å². The Balaban J connectivity index is 1.61. The summed E-state index contributed by atoms with van der Waals surface area (Å²) < 4.78 is 39.1. The standard InChI is InChI=1S/C18H21F3N4O/c19-18(20,21)16-7-10-25(24-16)15-5-1-4-14(11-15)17(26)23-9-6-13-3-2-8-22-12-13/h1,4-5,7,10-11,13,22H,2-3,6,8-9,12H2,(H,23,26). The molecule has 0 aliphatic carbocycles. The molecule has 0 spiro atoms. The maximum atomic E-state index is 12.7. The van der Waals surface area contributed by atoms with Crippen molar-refractivity contribution in [2.24, 2.45) is 5.92 Å². The monoisotopic (exact) mass is 366 g/mol. The molecule has 3 rings (SSSR count). The lowest BCUT2D eigenvalue weighted by atomic mass is 9.96. The minimum Gasteiger partial charge on any atom is -0.352 e. The van der Waals surface area contributed by atoms with Gasteiger partial charge in [-0.25, -0.2) is 4.68 Å². The third-order valence-electron chi connectivity index (χ3n) is 4.49. The lowest BCUT2D eigenvalue weighted by Gasteiger charge is -2.22. The number of rotatable bonds is 5. The van der Waals surface area contributed by atoms with Crippen LogP contribution in [0.4, 0.5) is 13.2 Å². The maximum Gasteiger partial charge on any atom is 0.435 e. The summed E-state index contributed by atoms with van der Waals surface area (Å²) in [6.45, 7) is 2.61. The van der Waals surface area contributed by atoms with E-state index in [1.807, 2.05) is 0 Å². The normalized spacial score (nSPS) is 17.9. The van der Waals surface area contributed by atoms with Crippen LogP contribution in [0.3, 0.4) is 0 Å². The molecule has 1 aromatic carbocycles. The number of aromatic nitrogens is 2. The topological polar surface area (TPSA) is 59.0 Å². The van der Waals surface area contributed by atoms with Crippen LogP contribution in [0.1, 0.15) is 35.3 Å². The van der Waals surface area contributed by atoms with Crippen LogP contribution in [-0.4, -0.2) is 35.3 Å². The molecule has 2 heterocycles. The van der Waals surface area contributed by atoms with E-state index in [2.05, 4.69) is 15.7 Å². The Hall–Kier alpha value is -2.35. The quantitative estimate of drug-likeness (QED) is 0.855. The molecule has 1 aliphatic rings. The van der Waals surface area contributed by atoms with E-state index in [9.17, 15) is 18.0 Å². The van der Waals surface area contributed by atoms with Crippen LogP contribution in [0.25, 0.3) is 5.69 Å². The first-order valence-electron chi connectivity index (χ1n) is 8.66. The van der Waals surface area contributed by atoms with Gasteiger partial charge < -0.3 is 10.6 Å². The second-order valence-corrected chi connectivity index (χ2v) is 6.45. The lowest BCUT2D eigenvalue weighted by Crippen LogP contribution is -2.33. The SMILES string of the molecule is O=C(NCCC1CCCNC1)c1cccc(-n2ccc(C(F)(F)F)n2)c1. The van der Waals surface area contributed by atoms with Crippen LogP contribution >= 0.6 is 0 Å². The molecule has 0 saturated carbocycles. The van der Waals surface area contributed by atoms with E-state index in [0.717, 1.165) is 36.7 Å². The molecular weight excluding hydrogens is 345 g/mol. The van der Waals surface area contributed by atoms with Crippen molar-refractivity contribution in [2.75, 3.05) is 19.6 Å². The van der Waals surface area contributed by atoms with Crippen LogP contribution in [0.15, 0.2) is 36.5 Å². The Labute approximate surface area is 149 Å². The van der Waals surface area contributed by atoms with Gasteiger partial charge in [-0.3, -0.25) is 4.79 Å². The zero-order valence-electron chi connectivity index (χ0n) is 14.2. The van der Waals surface area contributed by atoms with Crippen molar-refractivity contribution in [1.82, 2.24) is 20.4 Å². The lowest BCUT2D eigenvalue weighted by molar-refractivity contribution is -0.141. The third kappa shape index (κ3) is 4.63. The molecule has 5 nitrogen and oxygen atoms in total. The van der Waals surface area contributed by atoms with Gasteiger partial charge in [0.05, 0.1) is 5.69 Å². The van der Waals surface area contributed by atoms with Gasteiger partial charge in [-0.1, -0.05) is 6.07 Å². The second-order valence-electron chi connectivity index (χ2n) is 6.45. The van der Waals surface area contributed by atoms with E-state index in [-0.39, 0.29) is 5.91 Å². The molecule has 26 heavy (non-hydrogen) atoms. The van der Waals surface area contributed by atoms with Gasteiger partial charge in [0.1, 0.15) is 0 Å². The fourth-order valence-corrected chi connectivity index (χ4v) is 3.07. The van der Waals surface area contributed by atoms with Crippen LogP contribution in [0.2, 0.25) is 0 Å². The van der Waals surface area contributed by atoms with E-state index in [1.54, 1.807) is 18.2 Å². The molecule has 2 aromatic rings. The Morgan fingerprint density at radius 1 is 1.35 bits per heavy atom. The van der Waals surface area contributed by atoms with Crippen molar-refractivity contribution in [3.8, 4) is 5.69 Å². The molecule has 1 fully saturated rings.